The number of hydrogen-bond donors (Lipinski definition) is 2. The molecule has 0 saturated carbocycles. The number of anilines is 1. The van der Waals surface area contributed by atoms with Crippen molar-refractivity contribution in [3.63, 3.8) is 0 Å². The van der Waals surface area contributed by atoms with Gasteiger partial charge in [0.1, 0.15) is 5.82 Å². The molecule has 0 unspecified atom stereocenters. The Morgan fingerprint density at radius 3 is 2.74 bits per heavy atom. The molecule has 2 N–H and O–H groups in total. The second kappa shape index (κ2) is 6.40. The molecular formula is C17H23N3O3. The summed E-state index contributed by atoms with van der Waals surface area (Å²) in [4.78, 5) is 29.4. The van der Waals surface area contributed by atoms with Crippen molar-refractivity contribution in [1.82, 2.24) is 9.88 Å². The smallest absolute Gasteiger partial charge is 0.332 e. The van der Waals surface area contributed by atoms with E-state index in [4.69, 9.17) is 0 Å². The fraction of sp³-hybridized carbons (Fsp3) is 0.471. The Kier molecular flexibility index (Phi) is 4.73. The van der Waals surface area contributed by atoms with Gasteiger partial charge in [-0.2, -0.15) is 0 Å². The van der Waals surface area contributed by atoms with Crippen LogP contribution in [0.3, 0.4) is 0 Å². The number of hydrogen-bond acceptors (Lipinski definition) is 4. The molecule has 6 heteroatoms. The average molecular weight is 317 g/mol. The third-order valence-electron chi connectivity index (χ3n) is 3.80. The molecule has 1 aromatic rings. The van der Waals surface area contributed by atoms with E-state index in [9.17, 15) is 14.7 Å². The molecule has 0 bridgehead atoms. The van der Waals surface area contributed by atoms with Gasteiger partial charge in [-0.15, -0.1) is 0 Å². The van der Waals surface area contributed by atoms with Crippen molar-refractivity contribution in [2.24, 2.45) is 5.41 Å². The number of nitrogens with one attached hydrogen (secondary N) is 1. The van der Waals surface area contributed by atoms with Crippen molar-refractivity contribution >= 4 is 23.8 Å². The first-order valence-corrected chi connectivity index (χ1v) is 7.60. The quantitative estimate of drug-likeness (QED) is 0.818. The Morgan fingerprint density at radius 1 is 1.43 bits per heavy atom. The summed E-state index contributed by atoms with van der Waals surface area (Å²) in [6, 6.07) is 1.89. The maximum absolute atomic E-state index is 11.8. The summed E-state index contributed by atoms with van der Waals surface area (Å²) in [5.41, 5.74) is 1.45. The highest BCUT2D eigenvalue weighted by atomic mass is 16.4. The molecule has 0 atom stereocenters. The lowest BCUT2D eigenvalue weighted by Gasteiger charge is -2.23. The fourth-order valence-corrected chi connectivity index (χ4v) is 2.48. The van der Waals surface area contributed by atoms with Crippen LogP contribution in [0.2, 0.25) is 0 Å². The first kappa shape index (κ1) is 17.0. The van der Waals surface area contributed by atoms with Crippen molar-refractivity contribution in [2.75, 3.05) is 18.9 Å². The summed E-state index contributed by atoms with van der Waals surface area (Å²) >= 11 is 0. The molecule has 0 aromatic carbocycles. The van der Waals surface area contributed by atoms with Crippen LogP contribution < -0.4 is 5.32 Å². The number of nitrogens with zero attached hydrogens (tertiary/aromatic N) is 2. The molecule has 1 aromatic heterocycles. The molecule has 0 saturated heterocycles. The van der Waals surface area contributed by atoms with E-state index in [1.54, 1.807) is 24.2 Å². The first-order chi connectivity index (χ1) is 10.7. The van der Waals surface area contributed by atoms with Crippen LogP contribution in [0.25, 0.3) is 6.08 Å². The lowest BCUT2D eigenvalue weighted by Crippen LogP contribution is -2.30. The molecule has 124 valence electrons. The minimum Gasteiger partial charge on any atom is -0.478 e. The van der Waals surface area contributed by atoms with Crippen LogP contribution in [0.4, 0.5) is 5.82 Å². The van der Waals surface area contributed by atoms with Gasteiger partial charge < -0.3 is 15.3 Å². The van der Waals surface area contributed by atoms with E-state index in [0.717, 1.165) is 16.9 Å². The van der Waals surface area contributed by atoms with Gasteiger partial charge in [-0.05, 0) is 23.1 Å². The van der Waals surface area contributed by atoms with Gasteiger partial charge in [0.05, 0.1) is 0 Å². The fourth-order valence-electron chi connectivity index (χ4n) is 2.48. The van der Waals surface area contributed by atoms with Crippen molar-refractivity contribution in [2.45, 2.75) is 33.7 Å². The Morgan fingerprint density at radius 2 is 2.13 bits per heavy atom. The van der Waals surface area contributed by atoms with Crippen LogP contribution in [-0.4, -0.2) is 40.5 Å². The molecule has 0 radical (unpaired) electrons. The number of fused-ring (bicyclic) bond motifs is 1. The number of aliphatic carboxylic acids is 1. The number of carboxylic acid groups (broad SMARTS) is 1. The van der Waals surface area contributed by atoms with Gasteiger partial charge in [0.2, 0.25) is 5.91 Å². The van der Waals surface area contributed by atoms with Gasteiger partial charge in [-0.1, -0.05) is 20.8 Å². The highest BCUT2D eigenvalue weighted by Crippen LogP contribution is 2.28. The number of rotatable bonds is 2. The minimum absolute atomic E-state index is 0.0741. The van der Waals surface area contributed by atoms with Crippen LogP contribution in [-0.2, 0) is 16.1 Å². The molecule has 1 aliphatic heterocycles. The van der Waals surface area contributed by atoms with Gasteiger partial charge in [0.25, 0.3) is 0 Å². The lowest BCUT2D eigenvalue weighted by molar-refractivity contribution is -0.133. The van der Waals surface area contributed by atoms with Gasteiger partial charge in [-0.3, -0.25) is 4.79 Å². The van der Waals surface area contributed by atoms with E-state index in [-0.39, 0.29) is 5.91 Å². The number of amides is 1. The maximum Gasteiger partial charge on any atom is 0.332 e. The summed E-state index contributed by atoms with van der Waals surface area (Å²) in [5.74, 6) is -0.117. The number of carboxylic acids is 1. The second-order valence-electron chi connectivity index (χ2n) is 6.82. The molecule has 2 rings (SSSR count). The summed E-state index contributed by atoms with van der Waals surface area (Å²) < 4.78 is 0. The Bertz CT molecular complexity index is 660. The van der Waals surface area contributed by atoms with Crippen LogP contribution in [0, 0.1) is 5.41 Å². The van der Waals surface area contributed by atoms with Gasteiger partial charge in [0.15, 0.2) is 0 Å². The standard InChI is InChI=1S/C17H23N3O3/c1-17(2,3)13(16(22)23)8-11-7-12-10-20(4)14(21)5-6-18-15(12)19-9-11/h7-9H,5-6,10H2,1-4H3,(H,18,19)(H,22,23). The highest BCUT2D eigenvalue weighted by molar-refractivity contribution is 5.93. The molecule has 0 aliphatic carbocycles. The Hall–Kier alpha value is -2.37. The maximum atomic E-state index is 11.8. The molecular weight excluding hydrogens is 294 g/mol. The highest BCUT2D eigenvalue weighted by Gasteiger charge is 2.23. The summed E-state index contributed by atoms with van der Waals surface area (Å²) in [5, 5.41) is 12.6. The van der Waals surface area contributed by atoms with Gasteiger partial charge >= 0.3 is 5.97 Å². The predicted molar refractivity (Wildman–Crippen MR) is 88.9 cm³/mol. The summed E-state index contributed by atoms with van der Waals surface area (Å²) in [6.45, 7) is 6.58. The monoisotopic (exact) mass is 317 g/mol. The van der Waals surface area contributed by atoms with Crippen molar-refractivity contribution in [3.05, 3.63) is 29.0 Å². The van der Waals surface area contributed by atoms with Crippen LogP contribution >= 0.6 is 0 Å². The van der Waals surface area contributed by atoms with Crippen molar-refractivity contribution in [3.8, 4) is 0 Å². The summed E-state index contributed by atoms with van der Waals surface area (Å²) in [6.07, 6.45) is 3.74. The zero-order valence-electron chi connectivity index (χ0n) is 14.0. The van der Waals surface area contributed by atoms with Crippen molar-refractivity contribution in [1.29, 1.82) is 0 Å². The van der Waals surface area contributed by atoms with Crippen LogP contribution in [0.5, 0.6) is 0 Å². The van der Waals surface area contributed by atoms with E-state index in [1.807, 2.05) is 26.8 Å². The van der Waals surface area contributed by atoms with Crippen LogP contribution in [0.15, 0.2) is 17.8 Å². The molecule has 0 spiro atoms. The first-order valence-electron chi connectivity index (χ1n) is 7.60. The zero-order chi connectivity index (χ0) is 17.2. The Labute approximate surface area is 136 Å². The van der Waals surface area contributed by atoms with E-state index < -0.39 is 11.4 Å². The molecule has 6 nitrogen and oxygen atoms in total. The van der Waals surface area contributed by atoms with Gasteiger partial charge in [-0.25, -0.2) is 9.78 Å². The molecule has 23 heavy (non-hydrogen) atoms. The number of carbonyl (C=O) groups excluding carboxylic acids is 1. The third kappa shape index (κ3) is 4.09. The van der Waals surface area contributed by atoms with E-state index in [0.29, 0.717) is 25.1 Å². The normalized spacial score (nSPS) is 16.3. The molecule has 1 aliphatic rings. The van der Waals surface area contributed by atoms with E-state index >= 15 is 0 Å². The summed E-state index contributed by atoms with van der Waals surface area (Å²) in [7, 11) is 1.76. The second-order valence-corrected chi connectivity index (χ2v) is 6.82. The molecule has 1 amide bonds. The minimum atomic E-state index is -0.935. The Balaban J connectivity index is 2.41. The SMILES string of the molecule is CN1Cc2cc(C=C(C(=O)O)C(C)(C)C)cnc2NCCC1=O. The third-order valence-corrected chi connectivity index (χ3v) is 3.80. The van der Waals surface area contributed by atoms with Crippen molar-refractivity contribution < 1.29 is 14.7 Å². The van der Waals surface area contributed by atoms with E-state index in [2.05, 4.69) is 10.3 Å². The van der Waals surface area contributed by atoms with E-state index in [1.165, 1.54) is 0 Å². The topological polar surface area (TPSA) is 82.5 Å². The largest absolute Gasteiger partial charge is 0.478 e. The number of carbonyl (C=O) groups is 2. The number of aromatic nitrogens is 1. The van der Waals surface area contributed by atoms with Crippen LogP contribution in [0.1, 0.15) is 38.3 Å². The molecule has 0 fully saturated rings. The number of pyridine rings is 1. The molecule has 2 heterocycles. The van der Waals surface area contributed by atoms with Gasteiger partial charge in [0, 0.05) is 43.9 Å². The average Bonchev–Trinajstić information content (AvgIpc) is 2.43. The zero-order valence-corrected chi connectivity index (χ0v) is 14.0. The predicted octanol–water partition coefficient (Wildman–Crippen LogP) is 2.37. The lowest BCUT2D eigenvalue weighted by atomic mass is 9.85.